The third kappa shape index (κ3) is 4.49. The van der Waals surface area contributed by atoms with Gasteiger partial charge in [0, 0.05) is 12.6 Å². The van der Waals surface area contributed by atoms with Gasteiger partial charge >= 0.3 is 6.18 Å². The molecule has 1 atom stereocenters. The van der Waals surface area contributed by atoms with E-state index in [-0.39, 0.29) is 6.04 Å². The van der Waals surface area contributed by atoms with Gasteiger partial charge in [0.2, 0.25) is 0 Å². The van der Waals surface area contributed by atoms with Crippen LogP contribution in [-0.2, 0) is 6.18 Å². The fourth-order valence-corrected chi connectivity index (χ4v) is 2.39. The molecule has 1 aromatic carbocycles. The number of hydrogen-bond acceptors (Lipinski definition) is 2. The fraction of sp³-hybridized carbons (Fsp3) is 0.600. The second-order valence-electron chi connectivity index (χ2n) is 4.91. The van der Waals surface area contributed by atoms with Crippen LogP contribution >= 0.6 is 0 Å². The predicted molar refractivity (Wildman–Crippen MR) is 75.4 cm³/mol. The molecule has 0 aliphatic carbocycles. The summed E-state index contributed by atoms with van der Waals surface area (Å²) in [6, 6.07) is 5.33. The lowest BCUT2D eigenvalue weighted by Crippen LogP contribution is -2.35. The molecule has 0 saturated heterocycles. The molecule has 0 aromatic heterocycles. The Morgan fingerprint density at radius 1 is 1.05 bits per heavy atom. The standard InChI is InChI=1S/C15H23F3N2/c1-3-9-20(10-4-2)14(11-19)12-5-7-13(8-6-12)15(16,17)18/h5-8,14H,3-4,9-11,19H2,1-2H3. The molecule has 1 rings (SSSR count). The zero-order chi connectivity index (χ0) is 15.2. The van der Waals surface area contributed by atoms with Crippen molar-refractivity contribution in [3.05, 3.63) is 35.4 Å². The van der Waals surface area contributed by atoms with E-state index in [4.69, 9.17) is 5.73 Å². The van der Waals surface area contributed by atoms with Gasteiger partial charge in [0.15, 0.2) is 0 Å². The SMILES string of the molecule is CCCN(CCC)C(CN)c1ccc(C(F)(F)F)cc1. The predicted octanol–water partition coefficient (Wildman–Crippen LogP) is 3.83. The van der Waals surface area contributed by atoms with Crippen LogP contribution in [0.25, 0.3) is 0 Å². The largest absolute Gasteiger partial charge is 0.416 e. The Bertz CT molecular complexity index is 381. The Hall–Kier alpha value is -1.07. The maximum absolute atomic E-state index is 12.6. The van der Waals surface area contributed by atoms with Gasteiger partial charge in [-0.15, -0.1) is 0 Å². The monoisotopic (exact) mass is 288 g/mol. The van der Waals surface area contributed by atoms with Gasteiger partial charge in [-0.25, -0.2) is 0 Å². The molecule has 20 heavy (non-hydrogen) atoms. The summed E-state index contributed by atoms with van der Waals surface area (Å²) in [5, 5.41) is 0. The van der Waals surface area contributed by atoms with Gasteiger partial charge in [0.1, 0.15) is 0 Å². The van der Waals surface area contributed by atoms with Crippen LogP contribution in [0.2, 0.25) is 0 Å². The maximum Gasteiger partial charge on any atom is 0.416 e. The fourth-order valence-electron chi connectivity index (χ4n) is 2.39. The molecule has 0 fully saturated rings. The van der Waals surface area contributed by atoms with Gasteiger partial charge in [-0.3, -0.25) is 4.90 Å². The number of nitrogens with zero attached hydrogens (tertiary/aromatic N) is 1. The van der Waals surface area contributed by atoms with Crippen LogP contribution < -0.4 is 5.73 Å². The summed E-state index contributed by atoms with van der Waals surface area (Å²) in [7, 11) is 0. The lowest BCUT2D eigenvalue weighted by atomic mass is 10.0. The molecule has 0 bridgehead atoms. The first-order chi connectivity index (χ1) is 9.43. The quantitative estimate of drug-likeness (QED) is 0.826. The second kappa shape index (κ2) is 7.64. The molecule has 0 heterocycles. The molecule has 5 heteroatoms. The molecule has 114 valence electrons. The van der Waals surface area contributed by atoms with E-state index in [1.807, 2.05) is 0 Å². The molecular weight excluding hydrogens is 265 g/mol. The summed E-state index contributed by atoms with van der Waals surface area (Å²) in [4.78, 5) is 2.24. The van der Waals surface area contributed by atoms with Crippen molar-refractivity contribution < 1.29 is 13.2 Å². The van der Waals surface area contributed by atoms with Gasteiger partial charge < -0.3 is 5.73 Å². The molecule has 0 radical (unpaired) electrons. The highest BCUT2D eigenvalue weighted by molar-refractivity contribution is 5.27. The van der Waals surface area contributed by atoms with Gasteiger partial charge in [0.05, 0.1) is 5.56 Å². The highest BCUT2D eigenvalue weighted by Gasteiger charge is 2.30. The lowest BCUT2D eigenvalue weighted by molar-refractivity contribution is -0.137. The highest BCUT2D eigenvalue weighted by atomic mass is 19.4. The van der Waals surface area contributed by atoms with Gasteiger partial charge in [0.25, 0.3) is 0 Å². The van der Waals surface area contributed by atoms with Crippen molar-refractivity contribution in [1.29, 1.82) is 0 Å². The van der Waals surface area contributed by atoms with Gasteiger partial charge in [-0.1, -0.05) is 26.0 Å². The molecule has 1 aromatic rings. The lowest BCUT2D eigenvalue weighted by Gasteiger charge is -2.31. The summed E-state index contributed by atoms with van der Waals surface area (Å²) in [5.41, 5.74) is 6.06. The third-order valence-corrected chi connectivity index (χ3v) is 3.31. The molecule has 2 N–H and O–H groups in total. The third-order valence-electron chi connectivity index (χ3n) is 3.31. The Labute approximate surface area is 118 Å². The molecule has 0 saturated carbocycles. The maximum atomic E-state index is 12.6. The van der Waals surface area contributed by atoms with Crippen molar-refractivity contribution in [2.24, 2.45) is 5.73 Å². The Morgan fingerprint density at radius 3 is 1.90 bits per heavy atom. The molecule has 0 amide bonds. The smallest absolute Gasteiger partial charge is 0.329 e. The Morgan fingerprint density at radius 2 is 1.55 bits per heavy atom. The zero-order valence-electron chi connectivity index (χ0n) is 12.1. The van der Waals surface area contributed by atoms with Crippen molar-refractivity contribution >= 4 is 0 Å². The van der Waals surface area contributed by atoms with E-state index in [0.29, 0.717) is 6.54 Å². The molecule has 0 spiro atoms. The summed E-state index contributed by atoms with van der Waals surface area (Å²) in [5.74, 6) is 0. The Balaban J connectivity index is 2.93. The van der Waals surface area contributed by atoms with E-state index in [0.717, 1.165) is 43.6 Å². The molecule has 1 unspecified atom stereocenters. The highest BCUT2D eigenvalue weighted by Crippen LogP contribution is 2.30. The Kier molecular flexibility index (Phi) is 6.49. The zero-order valence-corrected chi connectivity index (χ0v) is 12.1. The van der Waals surface area contributed by atoms with Gasteiger partial charge in [-0.05, 0) is 43.6 Å². The summed E-state index contributed by atoms with van der Waals surface area (Å²) in [6.07, 6.45) is -2.29. The van der Waals surface area contributed by atoms with Crippen molar-refractivity contribution in [2.75, 3.05) is 19.6 Å². The minimum Gasteiger partial charge on any atom is -0.329 e. The van der Waals surface area contributed by atoms with E-state index in [1.165, 1.54) is 0 Å². The van der Waals surface area contributed by atoms with Crippen LogP contribution in [0.5, 0.6) is 0 Å². The van der Waals surface area contributed by atoms with Crippen molar-refractivity contribution in [1.82, 2.24) is 4.90 Å². The van der Waals surface area contributed by atoms with Crippen molar-refractivity contribution in [3.63, 3.8) is 0 Å². The van der Waals surface area contributed by atoms with Crippen LogP contribution in [0.1, 0.15) is 43.9 Å². The first-order valence-electron chi connectivity index (χ1n) is 7.05. The minimum atomic E-state index is -4.29. The number of halogens is 3. The van der Waals surface area contributed by atoms with Crippen LogP contribution in [0.15, 0.2) is 24.3 Å². The molecule has 0 aliphatic heterocycles. The molecular formula is C15H23F3N2. The number of nitrogens with two attached hydrogens (primary N) is 1. The topological polar surface area (TPSA) is 29.3 Å². The van der Waals surface area contributed by atoms with E-state index in [9.17, 15) is 13.2 Å². The molecule has 2 nitrogen and oxygen atoms in total. The van der Waals surface area contributed by atoms with E-state index in [2.05, 4.69) is 18.7 Å². The van der Waals surface area contributed by atoms with Crippen LogP contribution in [-0.4, -0.2) is 24.5 Å². The summed E-state index contributed by atoms with van der Waals surface area (Å²) < 4.78 is 37.7. The average Bonchev–Trinajstić information content (AvgIpc) is 2.39. The first-order valence-corrected chi connectivity index (χ1v) is 7.05. The number of alkyl halides is 3. The van der Waals surface area contributed by atoms with Crippen LogP contribution in [0.4, 0.5) is 13.2 Å². The number of hydrogen-bond donors (Lipinski definition) is 1. The summed E-state index contributed by atoms with van der Waals surface area (Å²) in [6.45, 7) is 6.38. The first kappa shape index (κ1) is 17.0. The molecule has 0 aliphatic rings. The van der Waals surface area contributed by atoms with E-state index < -0.39 is 11.7 Å². The van der Waals surface area contributed by atoms with E-state index >= 15 is 0 Å². The van der Waals surface area contributed by atoms with E-state index in [1.54, 1.807) is 12.1 Å². The van der Waals surface area contributed by atoms with Crippen molar-refractivity contribution in [2.45, 2.75) is 38.9 Å². The average molecular weight is 288 g/mol. The van der Waals surface area contributed by atoms with Crippen LogP contribution in [0, 0.1) is 0 Å². The summed E-state index contributed by atoms with van der Waals surface area (Å²) >= 11 is 0. The normalized spacial score (nSPS) is 13.8. The van der Waals surface area contributed by atoms with Crippen LogP contribution in [0.3, 0.4) is 0 Å². The van der Waals surface area contributed by atoms with Crippen molar-refractivity contribution in [3.8, 4) is 0 Å². The number of rotatable bonds is 7. The minimum absolute atomic E-state index is 0.0165. The number of benzene rings is 1. The second-order valence-corrected chi connectivity index (χ2v) is 4.91. The van der Waals surface area contributed by atoms with Gasteiger partial charge in [-0.2, -0.15) is 13.2 Å².